The fourth-order valence-corrected chi connectivity index (χ4v) is 2.47. The third kappa shape index (κ3) is 3.48. The molecule has 1 N–H and O–H groups in total. The molecule has 1 heterocycles. The minimum Gasteiger partial charge on any atom is -0.396 e. The second-order valence-electron chi connectivity index (χ2n) is 5.19. The van der Waals surface area contributed by atoms with Crippen molar-refractivity contribution in [3.05, 3.63) is 35.4 Å². The fraction of sp³-hybridized carbons (Fsp3) is 0.571. The lowest BCUT2D eigenvalue weighted by Gasteiger charge is -2.35. The van der Waals surface area contributed by atoms with Crippen molar-refractivity contribution in [3.8, 4) is 0 Å². The molecule has 1 fully saturated rings. The van der Waals surface area contributed by atoms with Crippen LogP contribution < -0.4 is 0 Å². The van der Waals surface area contributed by atoms with Crippen LogP contribution in [0.5, 0.6) is 0 Å². The van der Waals surface area contributed by atoms with Gasteiger partial charge in [-0.2, -0.15) is 13.2 Å². The molecular formula is C14H17F3O2. The fourth-order valence-electron chi connectivity index (χ4n) is 2.47. The van der Waals surface area contributed by atoms with Crippen LogP contribution in [0.15, 0.2) is 24.3 Å². The minimum atomic E-state index is -4.30. The van der Waals surface area contributed by atoms with E-state index in [1.54, 1.807) is 0 Å². The number of hydrogen-bond acceptors (Lipinski definition) is 2. The Morgan fingerprint density at radius 1 is 1.21 bits per heavy atom. The van der Waals surface area contributed by atoms with Gasteiger partial charge in [0.05, 0.1) is 18.8 Å². The molecule has 1 aliphatic heterocycles. The molecule has 1 aliphatic rings. The summed E-state index contributed by atoms with van der Waals surface area (Å²) in [5.41, 5.74) is -0.195. The molecule has 5 heteroatoms. The Labute approximate surface area is 110 Å². The number of rotatable bonds is 3. The molecule has 0 spiro atoms. The van der Waals surface area contributed by atoms with Crippen molar-refractivity contribution in [2.75, 3.05) is 19.8 Å². The van der Waals surface area contributed by atoms with E-state index in [-0.39, 0.29) is 12.0 Å². The molecule has 1 unspecified atom stereocenters. The van der Waals surface area contributed by atoms with Gasteiger partial charge in [-0.15, -0.1) is 0 Å². The van der Waals surface area contributed by atoms with Gasteiger partial charge >= 0.3 is 6.18 Å². The number of halogens is 3. The zero-order chi connectivity index (χ0) is 13.9. The molecule has 1 aromatic rings. The van der Waals surface area contributed by atoms with Crippen molar-refractivity contribution in [3.63, 3.8) is 0 Å². The molecule has 1 atom stereocenters. The largest absolute Gasteiger partial charge is 0.416 e. The number of hydrogen-bond donors (Lipinski definition) is 1. The maximum Gasteiger partial charge on any atom is 0.416 e. The van der Waals surface area contributed by atoms with Crippen LogP contribution in [-0.4, -0.2) is 24.9 Å². The molecule has 0 bridgehead atoms. The first-order valence-corrected chi connectivity index (χ1v) is 6.30. The smallest absolute Gasteiger partial charge is 0.396 e. The number of ether oxygens (including phenoxy) is 1. The maximum absolute atomic E-state index is 12.5. The summed E-state index contributed by atoms with van der Waals surface area (Å²) in [6.45, 7) is 1.15. The summed E-state index contributed by atoms with van der Waals surface area (Å²) in [6, 6.07) is 5.14. The van der Waals surface area contributed by atoms with Gasteiger partial charge in [0.15, 0.2) is 0 Å². The van der Waals surface area contributed by atoms with E-state index < -0.39 is 11.7 Å². The highest BCUT2D eigenvalue weighted by Gasteiger charge is 2.33. The van der Waals surface area contributed by atoms with Crippen molar-refractivity contribution >= 4 is 0 Å². The third-order valence-electron chi connectivity index (χ3n) is 3.60. The summed E-state index contributed by atoms with van der Waals surface area (Å²) in [6.07, 6.45) is -2.05. The van der Waals surface area contributed by atoms with Crippen LogP contribution in [0, 0.1) is 5.41 Å². The van der Waals surface area contributed by atoms with Gasteiger partial charge < -0.3 is 9.84 Å². The van der Waals surface area contributed by atoms with Gasteiger partial charge in [-0.25, -0.2) is 0 Å². The van der Waals surface area contributed by atoms with Crippen LogP contribution in [0.1, 0.15) is 24.0 Å². The van der Waals surface area contributed by atoms with Crippen molar-refractivity contribution in [2.45, 2.75) is 25.4 Å². The van der Waals surface area contributed by atoms with Crippen LogP contribution in [-0.2, 0) is 17.3 Å². The molecule has 0 aromatic heterocycles. The summed E-state index contributed by atoms with van der Waals surface area (Å²) < 4.78 is 42.8. The summed E-state index contributed by atoms with van der Waals surface area (Å²) in [5.74, 6) is 0. The quantitative estimate of drug-likeness (QED) is 0.918. The van der Waals surface area contributed by atoms with Crippen LogP contribution in [0.2, 0.25) is 0 Å². The summed E-state index contributed by atoms with van der Waals surface area (Å²) in [4.78, 5) is 0. The first-order chi connectivity index (χ1) is 8.95. The normalized spacial score (nSPS) is 24.4. The van der Waals surface area contributed by atoms with E-state index >= 15 is 0 Å². The minimum absolute atomic E-state index is 0.00593. The van der Waals surface area contributed by atoms with E-state index in [1.807, 2.05) is 0 Å². The highest BCUT2D eigenvalue weighted by molar-refractivity contribution is 5.25. The zero-order valence-corrected chi connectivity index (χ0v) is 10.5. The second kappa shape index (κ2) is 5.51. The van der Waals surface area contributed by atoms with Crippen molar-refractivity contribution in [1.82, 2.24) is 0 Å². The van der Waals surface area contributed by atoms with Crippen molar-refractivity contribution in [2.24, 2.45) is 5.41 Å². The standard InChI is InChI=1S/C14H17F3O2/c15-14(16,17)12-4-2-11(3-5-12)8-13(9-18)6-1-7-19-10-13/h2-5,18H,1,6-10H2. The first kappa shape index (κ1) is 14.3. The lowest BCUT2D eigenvalue weighted by Crippen LogP contribution is -2.37. The molecular weight excluding hydrogens is 257 g/mol. The molecule has 19 heavy (non-hydrogen) atoms. The van der Waals surface area contributed by atoms with E-state index in [0.29, 0.717) is 19.6 Å². The third-order valence-corrected chi connectivity index (χ3v) is 3.60. The van der Waals surface area contributed by atoms with Gasteiger partial charge in [0.1, 0.15) is 0 Å². The highest BCUT2D eigenvalue weighted by atomic mass is 19.4. The van der Waals surface area contributed by atoms with Crippen LogP contribution in [0.3, 0.4) is 0 Å². The summed E-state index contributed by atoms with van der Waals surface area (Å²) in [5, 5.41) is 9.53. The summed E-state index contributed by atoms with van der Waals surface area (Å²) >= 11 is 0. The van der Waals surface area contributed by atoms with Crippen LogP contribution in [0.4, 0.5) is 13.2 Å². The van der Waals surface area contributed by atoms with Gasteiger partial charge in [0, 0.05) is 12.0 Å². The SMILES string of the molecule is OCC1(Cc2ccc(C(F)(F)F)cc2)CCCOC1. The van der Waals surface area contributed by atoms with E-state index in [9.17, 15) is 18.3 Å². The Hall–Kier alpha value is -1.07. The van der Waals surface area contributed by atoms with Crippen LogP contribution in [0.25, 0.3) is 0 Å². The van der Waals surface area contributed by atoms with Gasteiger partial charge in [-0.3, -0.25) is 0 Å². The van der Waals surface area contributed by atoms with E-state index in [2.05, 4.69) is 0 Å². The van der Waals surface area contributed by atoms with Crippen molar-refractivity contribution in [1.29, 1.82) is 0 Å². The molecule has 2 rings (SSSR count). The number of aliphatic hydroxyl groups is 1. The molecule has 0 amide bonds. The van der Waals surface area contributed by atoms with Gasteiger partial charge in [0.2, 0.25) is 0 Å². The Kier molecular flexibility index (Phi) is 4.16. The predicted octanol–water partition coefficient (Wildman–Crippen LogP) is 3.04. The average Bonchev–Trinajstić information content (AvgIpc) is 2.39. The molecule has 1 saturated heterocycles. The lowest BCUT2D eigenvalue weighted by atomic mass is 9.78. The number of alkyl halides is 3. The molecule has 0 aliphatic carbocycles. The molecule has 0 radical (unpaired) electrons. The monoisotopic (exact) mass is 274 g/mol. The Bertz CT molecular complexity index is 406. The van der Waals surface area contributed by atoms with Gasteiger partial charge in [-0.1, -0.05) is 12.1 Å². The molecule has 106 valence electrons. The van der Waals surface area contributed by atoms with Crippen LogP contribution >= 0.6 is 0 Å². The average molecular weight is 274 g/mol. The molecule has 0 saturated carbocycles. The van der Waals surface area contributed by atoms with Crippen molar-refractivity contribution < 1.29 is 23.0 Å². The predicted molar refractivity (Wildman–Crippen MR) is 64.7 cm³/mol. The molecule has 1 aromatic carbocycles. The van der Waals surface area contributed by atoms with Gasteiger partial charge in [0.25, 0.3) is 0 Å². The summed E-state index contributed by atoms with van der Waals surface area (Å²) in [7, 11) is 0. The topological polar surface area (TPSA) is 29.5 Å². The second-order valence-corrected chi connectivity index (χ2v) is 5.19. The lowest BCUT2D eigenvalue weighted by molar-refractivity contribution is -0.137. The van der Waals surface area contributed by atoms with E-state index in [0.717, 1.165) is 30.5 Å². The van der Waals surface area contributed by atoms with E-state index in [4.69, 9.17) is 4.74 Å². The number of aliphatic hydroxyl groups excluding tert-OH is 1. The van der Waals surface area contributed by atoms with E-state index in [1.165, 1.54) is 12.1 Å². The Balaban J connectivity index is 2.10. The molecule has 2 nitrogen and oxygen atoms in total. The first-order valence-electron chi connectivity index (χ1n) is 6.30. The van der Waals surface area contributed by atoms with Gasteiger partial charge in [-0.05, 0) is 37.0 Å². The zero-order valence-electron chi connectivity index (χ0n) is 10.5. The Morgan fingerprint density at radius 2 is 1.89 bits per heavy atom. The number of benzene rings is 1. The maximum atomic E-state index is 12.5. The highest BCUT2D eigenvalue weighted by Crippen LogP contribution is 2.33. The Morgan fingerprint density at radius 3 is 2.37 bits per heavy atom.